The zero-order valence-electron chi connectivity index (χ0n) is 22.3. The van der Waals surface area contributed by atoms with Crippen LogP contribution in [0.25, 0.3) is 0 Å². The Hall–Kier alpha value is -4.10. The Morgan fingerprint density at radius 1 is 0.949 bits per heavy atom. The average molecular weight is 537 g/mol. The average Bonchev–Trinajstić information content (AvgIpc) is 3.33. The first-order chi connectivity index (χ1) is 18.9. The second kappa shape index (κ2) is 11.7. The van der Waals surface area contributed by atoms with Crippen LogP contribution in [0.3, 0.4) is 0 Å². The van der Waals surface area contributed by atoms with Gasteiger partial charge in [0.25, 0.3) is 5.91 Å². The Kier molecular flexibility index (Phi) is 7.98. The molecule has 3 aromatic rings. The van der Waals surface area contributed by atoms with Crippen molar-refractivity contribution < 1.29 is 9.59 Å². The fourth-order valence-electron chi connectivity index (χ4n) is 4.78. The first-order valence-electron chi connectivity index (χ1n) is 13.1. The Labute approximate surface area is 233 Å². The van der Waals surface area contributed by atoms with Crippen LogP contribution in [0.15, 0.2) is 112 Å². The lowest BCUT2D eigenvalue weighted by Gasteiger charge is -2.36. The van der Waals surface area contributed by atoms with Gasteiger partial charge in [0.05, 0.1) is 23.7 Å². The van der Waals surface area contributed by atoms with Gasteiger partial charge in [-0.25, -0.2) is 4.99 Å². The van der Waals surface area contributed by atoms with Gasteiger partial charge < -0.3 is 15.5 Å². The summed E-state index contributed by atoms with van der Waals surface area (Å²) in [4.78, 5) is 33.6. The predicted octanol–water partition coefficient (Wildman–Crippen LogP) is 6.73. The van der Waals surface area contributed by atoms with Crippen LogP contribution in [0.2, 0.25) is 0 Å². The second-order valence-corrected chi connectivity index (χ2v) is 10.8. The number of nitrogens with zero attached hydrogens (tertiary/aromatic N) is 2. The number of carbonyl (C=O) groups excluding carboxylic acids is 2. The number of hydrogen-bond donors (Lipinski definition) is 2. The molecule has 0 bridgehead atoms. The fourth-order valence-corrected chi connectivity index (χ4v) is 5.75. The molecule has 3 aromatic carbocycles. The summed E-state index contributed by atoms with van der Waals surface area (Å²) in [6.45, 7) is 6.67. The van der Waals surface area contributed by atoms with E-state index < -0.39 is 6.04 Å². The van der Waals surface area contributed by atoms with Crippen molar-refractivity contribution in [2.45, 2.75) is 45.7 Å². The van der Waals surface area contributed by atoms with Crippen LogP contribution in [0.4, 0.5) is 5.69 Å². The number of rotatable bonds is 8. The van der Waals surface area contributed by atoms with E-state index in [1.807, 2.05) is 77.9 Å². The minimum Gasteiger partial charge on any atom is -0.352 e. The Morgan fingerprint density at radius 2 is 1.62 bits per heavy atom. The van der Waals surface area contributed by atoms with Crippen LogP contribution in [0, 0.1) is 0 Å². The van der Waals surface area contributed by atoms with Crippen LogP contribution >= 0.6 is 11.8 Å². The smallest absolute Gasteiger partial charge is 0.255 e. The lowest BCUT2D eigenvalue weighted by Crippen LogP contribution is -2.38. The fraction of sp³-hybridized carbons (Fsp3) is 0.219. The van der Waals surface area contributed by atoms with Crippen LogP contribution in [0.1, 0.15) is 55.8 Å². The van der Waals surface area contributed by atoms with Gasteiger partial charge in [-0.05, 0) is 47.1 Å². The van der Waals surface area contributed by atoms with E-state index in [9.17, 15) is 9.59 Å². The number of carbonyl (C=O) groups is 2. The van der Waals surface area contributed by atoms with Gasteiger partial charge in [-0.3, -0.25) is 9.59 Å². The third-order valence-corrected chi connectivity index (χ3v) is 7.76. The van der Waals surface area contributed by atoms with Crippen LogP contribution in [0.5, 0.6) is 0 Å². The molecule has 7 heteroatoms. The number of hydrogen-bond acceptors (Lipinski definition) is 5. The number of allylic oxidation sites excluding steroid dienone is 1. The Balaban J connectivity index is 1.44. The van der Waals surface area contributed by atoms with Gasteiger partial charge in [0, 0.05) is 17.9 Å². The van der Waals surface area contributed by atoms with E-state index in [2.05, 4.69) is 48.7 Å². The van der Waals surface area contributed by atoms with Crippen molar-refractivity contribution in [3.63, 3.8) is 0 Å². The number of fused-ring (bicyclic) bond motifs is 1. The summed E-state index contributed by atoms with van der Waals surface area (Å²) < 4.78 is 0. The SMILES string of the molecule is CC1=C(C(=O)Nc2ccccc2)C(c2ccc(C(C)C)cc2)N2C(CC(=O)NCc3ccccc3)=CSC2=N1. The lowest BCUT2D eigenvalue weighted by molar-refractivity contribution is -0.120. The highest BCUT2D eigenvalue weighted by Gasteiger charge is 2.40. The molecule has 0 radical (unpaired) electrons. The number of benzene rings is 3. The number of aliphatic imine (C=N–C) groups is 1. The molecule has 0 aliphatic carbocycles. The molecule has 2 N–H and O–H groups in total. The number of para-hydroxylation sites is 1. The molecule has 2 aliphatic heterocycles. The maximum atomic E-state index is 13.7. The predicted molar refractivity (Wildman–Crippen MR) is 159 cm³/mol. The standard InChI is InChI=1S/C32H32N4O2S/c1-21(2)24-14-16-25(17-15-24)30-29(31(38)35-26-12-8-5-9-13-26)22(3)34-32-36(30)27(20-39-32)18-28(37)33-19-23-10-6-4-7-11-23/h4-17,20-21,30H,18-19H2,1-3H3,(H,33,37)(H,35,38). The number of amides is 2. The summed E-state index contributed by atoms with van der Waals surface area (Å²) in [6.07, 6.45) is 0.187. The maximum absolute atomic E-state index is 13.7. The molecule has 2 heterocycles. The van der Waals surface area contributed by atoms with E-state index in [-0.39, 0.29) is 18.2 Å². The van der Waals surface area contributed by atoms with Crippen molar-refractivity contribution in [3.8, 4) is 0 Å². The summed E-state index contributed by atoms with van der Waals surface area (Å²) in [7, 11) is 0. The maximum Gasteiger partial charge on any atom is 0.255 e. The molecule has 0 spiro atoms. The molecular formula is C32H32N4O2S. The van der Waals surface area contributed by atoms with Crippen LogP contribution in [-0.2, 0) is 16.1 Å². The lowest BCUT2D eigenvalue weighted by atomic mass is 9.91. The van der Waals surface area contributed by atoms with Gasteiger partial charge in [0.2, 0.25) is 5.91 Å². The topological polar surface area (TPSA) is 73.8 Å². The van der Waals surface area contributed by atoms with Crippen molar-refractivity contribution in [1.82, 2.24) is 10.2 Å². The second-order valence-electron chi connectivity index (χ2n) is 9.97. The molecule has 39 heavy (non-hydrogen) atoms. The summed E-state index contributed by atoms with van der Waals surface area (Å²) in [5.74, 6) is 0.110. The van der Waals surface area contributed by atoms with Crippen LogP contribution in [-0.4, -0.2) is 21.9 Å². The zero-order chi connectivity index (χ0) is 27.4. The van der Waals surface area contributed by atoms with Crippen molar-refractivity contribution in [2.24, 2.45) is 4.99 Å². The molecule has 0 aromatic heterocycles. The molecule has 1 atom stereocenters. The van der Waals surface area contributed by atoms with Crippen molar-refractivity contribution in [1.29, 1.82) is 0 Å². The van der Waals surface area contributed by atoms with E-state index in [1.165, 1.54) is 17.3 Å². The quantitative estimate of drug-likeness (QED) is 0.335. The van der Waals surface area contributed by atoms with Crippen molar-refractivity contribution >= 4 is 34.4 Å². The monoisotopic (exact) mass is 536 g/mol. The number of nitrogens with one attached hydrogen (secondary N) is 2. The summed E-state index contributed by atoms with van der Waals surface area (Å²) >= 11 is 1.49. The van der Waals surface area contributed by atoms with Crippen molar-refractivity contribution in [2.75, 3.05) is 5.32 Å². The Morgan fingerprint density at radius 3 is 2.28 bits per heavy atom. The summed E-state index contributed by atoms with van der Waals surface area (Å²) in [5.41, 5.74) is 6.02. The molecule has 5 rings (SSSR count). The Bertz CT molecular complexity index is 1440. The molecule has 2 aliphatic rings. The molecule has 2 amide bonds. The van der Waals surface area contributed by atoms with Gasteiger partial charge in [0.15, 0.2) is 5.17 Å². The van der Waals surface area contributed by atoms with Gasteiger partial charge in [-0.1, -0.05) is 98.4 Å². The normalized spacial score (nSPS) is 16.5. The summed E-state index contributed by atoms with van der Waals surface area (Å²) in [6, 6.07) is 27.3. The van der Waals surface area contributed by atoms with Crippen molar-refractivity contribution in [3.05, 3.63) is 124 Å². The zero-order valence-corrected chi connectivity index (χ0v) is 23.2. The highest BCUT2D eigenvalue weighted by molar-refractivity contribution is 8.16. The van der Waals surface area contributed by atoms with Gasteiger partial charge >= 0.3 is 0 Å². The third kappa shape index (κ3) is 5.99. The highest BCUT2D eigenvalue weighted by atomic mass is 32.2. The number of thioether (sulfide) groups is 1. The molecule has 6 nitrogen and oxygen atoms in total. The van der Waals surface area contributed by atoms with E-state index in [0.717, 1.165) is 27.7 Å². The largest absolute Gasteiger partial charge is 0.352 e. The van der Waals surface area contributed by atoms with E-state index >= 15 is 0 Å². The van der Waals surface area contributed by atoms with E-state index in [1.54, 1.807) is 0 Å². The third-order valence-electron chi connectivity index (χ3n) is 6.87. The van der Waals surface area contributed by atoms with Gasteiger partial charge in [0.1, 0.15) is 0 Å². The number of amidine groups is 1. The summed E-state index contributed by atoms with van der Waals surface area (Å²) in [5, 5.41) is 8.82. The molecule has 0 fully saturated rings. The first kappa shape index (κ1) is 26.5. The number of anilines is 1. The van der Waals surface area contributed by atoms with Gasteiger partial charge in [-0.15, -0.1) is 0 Å². The van der Waals surface area contributed by atoms with Crippen LogP contribution < -0.4 is 10.6 Å². The van der Waals surface area contributed by atoms with Gasteiger partial charge in [-0.2, -0.15) is 0 Å². The first-order valence-corrected chi connectivity index (χ1v) is 14.0. The van der Waals surface area contributed by atoms with E-state index in [4.69, 9.17) is 4.99 Å². The molecular weight excluding hydrogens is 504 g/mol. The molecule has 1 unspecified atom stereocenters. The van der Waals surface area contributed by atoms with E-state index in [0.29, 0.717) is 23.7 Å². The molecule has 0 saturated carbocycles. The molecule has 198 valence electrons. The minimum absolute atomic E-state index is 0.0811. The minimum atomic E-state index is -0.411. The highest BCUT2D eigenvalue weighted by Crippen LogP contribution is 2.45. The molecule has 0 saturated heterocycles.